The number of amides is 1. The molecule has 1 amide bonds. The SMILES string of the molecule is Cc1ccc(NC(=O)Cc2csc(COc3ccc(C(C)(C)C)cc3)n2)cc1C. The van der Waals surface area contributed by atoms with Crippen molar-refractivity contribution in [2.45, 2.75) is 53.1 Å². The smallest absolute Gasteiger partial charge is 0.230 e. The number of thiazole rings is 1. The molecule has 2 aromatic carbocycles. The Morgan fingerprint density at radius 2 is 1.79 bits per heavy atom. The zero-order valence-corrected chi connectivity index (χ0v) is 18.5. The molecule has 0 saturated carbocycles. The molecule has 1 N–H and O–H groups in total. The van der Waals surface area contributed by atoms with E-state index in [1.165, 1.54) is 22.5 Å². The highest BCUT2D eigenvalue weighted by Crippen LogP contribution is 2.25. The summed E-state index contributed by atoms with van der Waals surface area (Å²) < 4.78 is 5.85. The molecule has 4 nitrogen and oxygen atoms in total. The fourth-order valence-electron chi connectivity index (χ4n) is 2.88. The Labute approximate surface area is 177 Å². The van der Waals surface area contributed by atoms with Crippen molar-refractivity contribution in [2.75, 3.05) is 5.32 Å². The number of carbonyl (C=O) groups is 1. The van der Waals surface area contributed by atoms with Gasteiger partial charge in [-0.3, -0.25) is 4.79 Å². The Kier molecular flexibility index (Phi) is 6.38. The van der Waals surface area contributed by atoms with Crippen LogP contribution in [-0.2, 0) is 23.2 Å². The van der Waals surface area contributed by atoms with Gasteiger partial charge in [-0.1, -0.05) is 39.0 Å². The molecule has 0 fully saturated rings. The van der Waals surface area contributed by atoms with Gasteiger partial charge in [-0.25, -0.2) is 4.98 Å². The number of hydrogen-bond acceptors (Lipinski definition) is 4. The lowest BCUT2D eigenvalue weighted by molar-refractivity contribution is -0.115. The standard InChI is InChI=1S/C24H28N2O2S/c1-16-6-9-19(12-17(16)2)25-22(27)13-20-15-29-23(26-20)14-28-21-10-7-18(8-11-21)24(3,4)5/h6-12,15H,13-14H2,1-5H3,(H,25,27). The summed E-state index contributed by atoms with van der Waals surface area (Å²) >= 11 is 1.51. The third kappa shape index (κ3) is 5.91. The third-order valence-corrected chi connectivity index (χ3v) is 5.69. The van der Waals surface area contributed by atoms with Crippen molar-refractivity contribution >= 4 is 22.9 Å². The van der Waals surface area contributed by atoms with Crippen molar-refractivity contribution in [1.29, 1.82) is 0 Å². The summed E-state index contributed by atoms with van der Waals surface area (Å²) in [6.07, 6.45) is 0.254. The van der Waals surface area contributed by atoms with E-state index in [1.807, 2.05) is 42.6 Å². The monoisotopic (exact) mass is 408 g/mol. The Morgan fingerprint density at radius 1 is 1.07 bits per heavy atom. The van der Waals surface area contributed by atoms with E-state index in [-0.39, 0.29) is 17.7 Å². The minimum Gasteiger partial charge on any atom is -0.486 e. The minimum absolute atomic E-state index is 0.0659. The van der Waals surface area contributed by atoms with Gasteiger partial charge in [0.05, 0.1) is 12.1 Å². The van der Waals surface area contributed by atoms with E-state index in [1.54, 1.807) is 0 Å². The van der Waals surface area contributed by atoms with Crippen molar-refractivity contribution in [1.82, 2.24) is 4.98 Å². The Balaban J connectivity index is 1.52. The molecule has 0 spiro atoms. The molecule has 1 aromatic heterocycles. The highest BCUT2D eigenvalue weighted by atomic mass is 32.1. The van der Waals surface area contributed by atoms with Gasteiger partial charge in [0, 0.05) is 11.1 Å². The number of ether oxygens (including phenoxy) is 1. The van der Waals surface area contributed by atoms with Crippen LogP contribution in [0.25, 0.3) is 0 Å². The maximum absolute atomic E-state index is 12.3. The van der Waals surface area contributed by atoms with E-state index in [4.69, 9.17) is 4.74 Å². The van der Waals surface area contributed by atoms with Crippen LogP contribution < -0.4 is 10.1 Å². The molecule has 3 rings (SSSR count). The molecule has 0 atom stereocenters. The first-order chi connectivity index (χ1) is 13.7. The molecule has 0 aliphatic rings. The molecule has 1 heterocycles. The zero-order valence-electron chi connectivity index (χ0n) is 17.7. The molecule has 5 heteroatoms. The van der Waals surface area contributed by atoms with Crippen LogP contribution in [-0.4, -0.2) is 10.9 Å². The number of aryl methyl sites for hydroxylation is 2. The quantitative estimate of drug-likeness (QED) is 0.559. The van der Waals surface area contributed by atoms with Gasteiger partial charge in [0.15, 0.2) is 0 Å². The summed E-state index contributed by atoms with van der Waals surface area (Å²) in [7, 11) is 0. The van der Waals surface area contributed by atoms with E-state index in [0.717, 1.165) is 27.7 Å². The lowest BCUT2D eigenvalue weighted by Crippen LogP contribution is -2.14. The van der Waals surface area contributed by atoms with Crippen LogP contribution in [0.1, 0.15) is 48.2 Å². The summed E-state index contributed by atoms with van der Waals surface area (Å²) in [5, 5.41) is 5.72. The van der Waals surface area contributed by atoms with Gasteiger partial charge in [0.2, 0.25) is 5.91 Å². The molecule has 152 valence electrons. The summed E-state index contributed by atoms with van der Waals surface area (Å²) in [6.45, 7) is 11.1. The normalized spacial score (nSPS) is 11.3. The van der Waals surface area contributed by atoms with Crippen molar-refractivity contribution in [3.8, 4) is 5.75 Å². The largest absolute Gasteiger partial charge is 0.486 e. The van der Waals surface area contributed by atoms with Gasteiger partial charge >= 0.3 is 0 Å². The minimum atomic E-state index is -0.0659. The zero-order chi connectivity index (χ0) is 21.0. The van der Waals surface area contributed by atoms with Crippen LogP contribution in [0.2, 0.25) is 0 Å². The van der Waals surface area contributed by atoms with Crippen molar-refractivity contribution in [3.63, 3.8) is 0 Å². The van der Waals surface area contributed by atoms with Crippen molar-refractivity contribution in [2.24, 2.45) is 0 Å². The fourth-order valence-corrected chi connectivity index (χ4v) is 3.59. The fraction of sp³-hybridized carbons (Fsp3) is 0.333. The predicted molar refractivity (Wildman–Crippen MR) is 120 cm³/mol. The number of hydrogen-bond donors (Lipinski definition) is 1. The molecule has 0 aliphatic carbocycles. The van der Waals surface area contributed by atoms with E-state index < -0.39 is 0 Å². The van der Waals surface area contributed by atoms with Crippen LogP contribution in [0.15, 0.2) is 47.8 Å². The van der Waals surface area contributed by atoms with E-state index in [0.29, 0.717) is 6.61 Å². The maximum atomic E-state index is 12.3. The van der Waals surface area contributed by atoms with Gasteiger partial charge in [-0.15, -0.1) is 11.3 Å². The average molecular weight is 409 g/mol. The molecule has 0 saturated heterocycles. The second-order valence-electron chi connectivity index (χ2n) is 8.32. The van der Waals surface area contributed by atoms with Gasteiger partial charge in [-0.05, 0) is 60.2 Å². The van der Waals surface area contributed by atoms with Gasteiger partial charge in [0.25, 0.3) is 0 Å². The van der Waals surface area contributed by atoms with Crippen LogP contribution in [0.4, 0.5) is 5.69 Å². The Morgan fingerprint density at radius 3 is 2.45 bits per heavy atom. The van der Waals surface area contributed by atoms with Crippen LogP contribution >= 0.6 is 11.3 Å². The highest BCUT2D eigenvalue weighted by Gasteiger charge is 2.13. The van der Waals surface area contributed by atoms with E-state index in [2.05, 4.69) is 50.1 Å². The second-order valence-corrected chi connectivity index (χ2v) is 9.26. The van der Waals surface area contributed by atoms with Gasteiger partial charge in [0.1, 0.15) is 17.4 Å². The number of benzene rings is 2. The second kappa shape index (κ2) is 8.78. The molecule has 29 heavy (non-hydrogen) atoms. The van der Waals surface area contributed by atoms with Gasteiger partial charge in [-0.2, -0.15) is 0 Å². The number of nitrogens with zero attached hydrogens (tertiary/aromatic N) is 1. The highest BCUT2D eigenvalue weighted by molar-refractivity contribution is 7.09. The summed E-state index contributed by atoms with van der Waals surface area (Å²) in [5.41, 5.74) is 5.34. The first-order valence-corrected chi connectivity index (χ1v) is 10.6. The number of rotatable bonds is 6. The predicted octanol–water partition coefficient (Wildman–Crippen LogP) is 5.82. The van der Waals surface area contributed by atoms with Gasteiger partial charge < -0.3 is 10.1 Å². The topological polar surface area (TPSA) is 51.2 Å². The molecule has 0 bridgehead atoms. The molecular weight excluding hydrogens is 380 g/mol. The molecular formula is C24H28N2O2S. The Bertz CT molecular complexity index is 985. The maximum Gasteiger partial charge on any atom is 0.230 e. The molecule has 3 aromatic rings. The van der Waals surface area contributed by atoms with E-state index in [9.17, 15) is 4.79 Å². The van der Waals surface area contributed by atoms with Crippen LogP contribution in [0, 0.1) is 13.8 Å². The number of nitrogens with one attached hydrogen (secondary N) is 1. The van der Waals surface area contributed by atoms with Crippen molar-refractivity contribution in [3.05, 3.63) is 75.2 Å². The van der Waals surface area contributed by atoms with Crippen LogP contribution in [0.3, 0.4) is 0 Å². The first-order valence-electron chi connectivity index (χ1n) is 9.74. The molecule has 0 unspecified atom stereocenters. The number of anilines is 1. The van der Waals surface area contributed by atoms with Crippen molar-refractivity contribution < 1.29 is 9.53 Å². The first kappa shape index (κ1) is 21.1. The van der Waals surface area contributed by atoms with Crippen LogP contribution in [0.5, 0.6) is 5.75 Å². The summed E-state index contributed by atoms with van der Waals surface area (Å²) in [5.74, 6) is 0.756. The van der Waals surface area contributed by atoms with E-state index >= 15 is 0 Å². The average Bonchev–Trinajstić information content (AvgIpc) is 3.10. The summed E-state index contributed by atoms with van der Waals surface area (Å²) in [6, 6.07) is 14.1. The lowest BCUT2D eigenvalue weighted by Gasteiger charge is -2.19. The number of carbonyl (C=O) groups excluding carboxylic acids is 1. The number of aromatic nitrogens is 1. The summed E-state index contributed by atoms with van der Waals surface area (Å²) in [4.78, 5) is 16.8. The third-order valence-electron chi connectivity index (χ3n) is 4.81. The molecule has 0 radical (unpaired) electrons. The molecule has 0 aliphatic heterocycles. The lowest BCUT2D eigenvalue weighted by atomic mass is 9.87. The Hall–Kier alpha value is -2.66.